The lowest BCUT2D eigenvalue weighted by atomic mass is 10.00. The molecule has 0 unspecified atom stereocenters. The highest BCUT2D eigenvalue weighted by Gasteiger charge is 2.31. The number of fused-ring (bicyclic) bond motifs is 1. The fourth-order valence-corrected chi connectivity index (χ4v) is 5.66. The first-order valence-electron chi connectivity index (χ1n) is 26.9. The molecule has 0 spiro atoms. The van der Waals surface area contributed by atoms with E-state index in [1.807, 2.05) is 0 Å². The van der Waals surface area contributed by atoms with E-state index in [4.69, 9.17) is 30.8 Å². The molecule has 1 aliphatic heterocycles. The summed E-state index contributed by atoms with van der Waals surface area (Å²) in [7, 11) is 1.17. The number of hydrogen-bond acceptors (Lipinski definition) is 5. The van der Waals surface area contributed by atoms with Crippen LogP contribution >= 0.6 is 11.8 Å². The number of rotatable bonds is 12. The zero-order valence-electron chi connectivity index (χ0n) is 50.5. The van der Waals surface area contributed by atoms with Gasteiger partial charge in [0.15, 0.2) is 17.1 Å². The number of carbonyl (C=O) groups excluding carboxylic acids is 1. The number of alkyl halides is 3. The van der Waals surface area contributed by atoms with Crippen molar-refractivity contribution >= 4 is 28.6 Å². The van der Waals surface area contributed by atoms with Gasteiger partial charge in [-0.25, -0.2) is 8.78 Å². The molecule has 4 aromatic carbocycles. The Labute approximate surface area is 341 Å². The summed E-state index contributed by atoms with van der Waals surface area (Å²) in [6.45, 7) is -10.7. The smallest absolute Gasteiger partial charge is 0.383 e. The molecule has 6 nitrogen and oxygen atoms in total. The normalized spacial score (nSPS) is 21.5. The van der Waals surface area contributed by atoms with Gasteiger partial charge in [-0.2, -0.15) is 13.2 Å². The lowest BCUT2D eigenvalue weighted by Gasteiger charge is -2.39. The number of hydrogen-bond donors (Lipinski definition) is 0. The first-order valence-corrected chi connectivity index (χ1v) is 16.2. The number of thioether (sulfide) groups is 1. The monoisotopic (exact) mass is 772 g/mol. The van der Waals surface area contributed by atoms with Crippen molar-refractivity contribution in [2.45, 2.75) is 55.7 Å². The van der Waals surface area contributed by atoms with Crippen LogP contribution in [0.5, 0.6) is 0 Å². The summed E-state index contributed by atoms with van der Waals surface area (Å²) < 4.78 is 278. The molecule has 1 fully saturated rings. The first kappa shape index (κ1) is 18.7. The molecule has 53 heavy (non-hydrogen) atoms. The van der Waals surface area contributed by atoms with Gasteiger partial charge in [0, 0.05) is 67.4 Å². The van der Waals surface area contributed by atoms with E-state index in [2.05, 4.69) is 0 Å². The third-order valence-electron chi connectivity index (χ3n) is 7.52. The topological polar surface area (TPSA) is 54.8 Å². The molecular formula is C41H40F5N3O3S. The summed E-state index contributed by atoms with van der Waals surface area (Å²) in [4.78, 5) is 30.9. The van der Waals surface area contributed by atoms with Crippen molar-refractivity contribution in [1.82, 2.24) is 14.4 Å². The zero-order chi connectivity index (χ0) is 57.9. The Hall–Kier alpha value is -4.52. The van der Waals surface area contributed by atoms with Crippen LogP contribution in [-0.2, 0) is 34.4 Å². The molecule has 0 saturated carbocycles. The van der Waals surface area contributed by atoms with Crippen molar-refractivity contribution in [1.29, 1.82) is 0 Å². The summed E-state index contributed by atoms with van der Waals surface area (Å²) >= 11 is -0.587. The zero-order valence-corrected chi connectivity index (χ0v) is 28.3. The fraction of sp³-hybridized carbons (Fsp3) is 0.317. The Morgan fingerprint density at radius 2 is 1.66 bits per heavy atom. The van der Waals surface area contributed by atoms with Gasteiger partial charge in [-0.15, -0.1) is 11.8 Å². The van der Waals surface area contributed by atoms with Crippen LogP contribution in [0, 0.1) is 18.6 Å². The van der Waals surface area contributed by atoms with Crippen LogP contribution in [-0.4, -0.2) is 59.6 Å². The van der Waals surface area contributed by atoms with Crippen LogP contribution < -0.4 is 5.43 Å². The van der Waals surface area contributed by atoms with E-state index in [0.717, 1.165) is 6.92 Å². The maximum absolute atomic E-state index is 15.6. The Morgan fingerprint density at radius 1 is 0.981 bits per heavy atom. The third kappa shape index (κ3) is 9.17. The maximum Gasteiger partial charge on any atom is 0.416 e. The second-order valence-corrected chi connectivity index (χ2v) is 11.9. The van der Waals surface area contributed by atoms with Gasteiger partial charge in [0.2, 0.25) is 5.91 Å². The quantitative estimate of drug-likeness (QED) is 0.0939. The standard InChI is InChI=1S/C41H40F5N3O3S/c1-27-6-15-36-34(22-27)37(50)23-39(53-26-31-4-3-5-35(42)40(31)43)49(36)25-38(51)48(33-16-18-47(19-17-33)20-21-52-2)24-28-7-9-29(10-8-28)30-11-13-32(14-12-30)41(44,45)46/h3-15,22-23,33H,16-21,24-26H2,1-2H3/i3D,4D,5D,6D,7D,8D,9D,10D,11D,12D,13D,14D,15D,20D2,22D,23D,24D2,25D2,26D2. The number of ether oxygens (including phenoxy) is 1. The van der Waals surface area contributed by atoms with E-state index in [1.165, 1.54) is 12.0 Å². The van der Waals surface area contributed by atoms with Crippen molar-refractivity contribution in [2.75, 3.05) is 33.3 Å². The number of likely N-dealkylation sites (tertiary alicyclic amines) is 1. The average molecular weight is 773 g/mol. The number of piperidine rings is 1. The number of nitrogens with zero attached hydrogens (tertiary/aromatic N) is 3. The molecule has 1 saturated heterocycles. The van der Waals surface area contributed by atoms with E-state index in [-0.39, 0.29) is 9.47 Å². The van der Waals surface area contributed by atoms with Crippen LogP contribution in [0.3, 0.4) is 0 Å². The third-order valence-corrected chi connectivity index (χ3v) is 8.30. The van der Waals surface area contributed by atoms with E-state index < -0.39 is 245 Å². The Balaban J connectivity index is 1.70. The van der Waals surface area contributed by atoms with Gasteiger partial charge in [0.25, 0.3) is 0 Å². The molecule has 0 bridgehead atoms. The Morgan fingerprint density at radius 3 is 2.32 bits per heavy atom. The number of benzene rings is 4. The van der Waals surface area contributed by atoms with Crippen LogP contribution in [0.4, 0.5) is 22.0 Å². The Kier molecular flexibility index (Phi) is 5.87. The molecule has 0 radical (unpaired) electrons. The minimum atomic E-state index is -5.47. The summed E-state index contributed by atoms with van der Waals surface area (Å²) in [5.74, 6) is -6.59. The second kappa shape index (κ2) is 16.7. The molecule has 6 rings (SSSR count). The van der Waals surface area contributed by atoms with Crippen molar-refractivity contribution < 1.29 is 63.0 Å². The first-order chi connectivity index (χ1) is 34.7. The van der Waals surface area contributed by atoms with E-state index in [9.17, 15) is 27.8 Å². The molecule has 1 aromatic heterocycles. The lowest BCUT2D eigenvalue weighted by molar-refractivity contribution is -0.137. The molecule has 1 aliphatic rings. The summed E-state index contributed by atoms with van der Waals surface area (Å²) in [6, 6.07) is -22.9. The molecule has 2 heterocycles. The fourth-order valence-electron chi connectivity index (χ4n) is 4.95. The number of carbonyl (C=O) groups is 1. The largest absolute Gasteiger partial charge is 0.416 e. The van der Waals surface area contributed by atoms with Crippen molar-refractivity contribution in [3.63, 3.8) is 0 Å². The van der Waals surface area contributed by atoms with Crippen LogP contribution in [0.2, 0.25) is 0 Å². The molecule has 0 N–H and O–H groups in total. The number of aromatic nitrogens is 1. The van der Waals surface area contributed by atoms with Crippen molar-refractivity contribution in [3.8, 4) is 11.1 Å². The molecule has 1 amide bonds. The van der Waals surface area contributed by atoms with E-state index in [0.29, 0.717) is 0 Å². The number of amides is 1. The molecule has 278 valence electrons. The second-order valence-electron chi connectivity index (χ2n) is 11.1. The summed E-state index contributed by atoms with van der Waals surface area (Å²) in [6.07, 6.45) is -6.57. The maximum atomic E-state index is 15.6. The SMILES string of the molecule is [2H]c1c([2H])c(F)c(F)c(C([2H])([2H])Sc2c([2H])c(=O)c3c([2H])c(C)c([2H])c([2H])c3n2C([2H])([2H])C(=O)N(C2CCN(C([2H])([2H])COC)CC2)C([2H])([2H])c2c([2H])c([2H])c(-c3c([2H])c([2H])c(C(F)(F)F)c([2H])c3[2H])c([2H])c2[2H])c1[2H]. The summed E-state index contributed by atoms with van der Waals surface area (Å²) in [5.41, 5.74) is -14.5. The molecule has 0 aliphatic carbocycles. The van der Waals surface area contributed by atoms with Gasteiger partial charge in [-0.3, -0.25) is 9.59 Å². The van der Waals surface area contributed by atoms with Crippen LogP contribution in [0.25, 0.3) is 22.0 Å². The summed E-state index contributed by atoms with van der Waals surface area (Å²) in [5, 5.41) is -2.50. The molecule has 5 aromatic rings. The van der Waals surface area contributed by atoms with E-state index in [1.54, 1.807) is 0 Å². The molecular weight excluding hydrogens is 710 g/mol. The predicted octanol–water partition coefficient (Wildman–Crippen LogP) is 8.71. The highest BCUT2D eigenvalue weighted by atomic mass is 32.2. The number of methoxy groups -OCH3 is 1. The van der Waals surface area contributed by atoms with Gasteiger partial charge >= 0.3 is 6.18 Å². The van der Waals surface area contributed by atoms with Crippen LogP contribution in [0.15, 0.2) is 100 Å². The minimum Gasteiger partial charge on any atom is -0.383 e. The van der Waals surface area contributed by atoms with Gasteiger partial charge in [0.1, 0.15) is 6.50 Å². The Bertz CT molecular complexity index is 3250. The lowest BCUT2D eigenvalue weighted by Crippen LogP contribution is -2.48. The molecule has 12 heteroatoms. The van der Waals surface area contributed by atoms with Gasteiger partial charge in [-0.1, -0.05) is 59.9 Å². The highest BCUT2D eigenvalue weighted by molar-refractivity contribution is 7.98. The van der Waals surface area contributed by atoms with Crippen LogP contribution in [0.1, 0.15) is 66.6 Å². The minimum absolute atomic E-state index is 0.0158. The van der Waals surface area contributed by atoms with Gasteiger partial charge < -0.3 is 19.1 Å². The van der Waals surface area contributed by atoms with Crippen molar-refractivity contribution in [3.05, 3.63) is 135 Å². The predicted molar refractivity (Wildman–Crippen MR) is 198 cm³/mol. The average Bonchev–Trinajstić information content (AvgIpc) is 3.32. The molecule has 0 atom stereocenters. The number of halogens is 5. The van der Waals surface area contributed by atoms with Gasteiger partial charge in [0.05, 0.1) is 48.8 Å². The highest BCUT2D eigenvalue weighted by Crippen LogP contribution is 2.32. The van der Waals surface area contributed by atoms with E-state index >= 15 is 9.18 Å². The number of pyridine rings is 1. The van der Waals surface area contributed by atoms with Crippen molar-refractivity contribution in [2.24, 2.45) is 0 Å². The van der Waals surface area contributed by atoms with Gasteiger partial charge in [-0.05, 0) is 66.7 Å².